The molecule has 1 N–H and O–H groups in total. The van der Waals surface area contributed by atoms with Crippen molar-refractivity contribution in [2.45, 2.75) is 25.5 Å². The van der Waals surface area contributed by atoms with E-state index in [1.165, 1.54) is 6.07 Å². The van der Waals surface area contributed by atoms with Crippen molar-refractivity contribution < 1.29 is 9.50 Å². The number of likely N-dealkylation sites (tertiary alicyclic amines) is 1. The van der Waals surface area contributed by atoms with Crippen molar-refractivity contribution in [2.24, 2.45) is 13.0 Å². The Morgan fingerprint density at radius 2 is 2.13 bits per heavy atom. The molecule has 1 aliphatic heterocycles. The molecule has 2 aromatic rings. The molecule has 0 aliphatic carbocycles. The largest absolute Gasteiger partial charge is 0.385 e. The van der Waals surface area contributed by atoms with Crippen LogP contribution in [0.15, 0.2) is 30.6 Å². The molecular weight excluding hydrogens is 317 g/mol. The summed E-state index contributed by atoms with van der Waals surface area (Å²) >= 11 is 5.83. The summed E-state index contributed by atoms with van der Waals surface area (Å²) in [6, 6.07) is 4.87. The standard InChI is InChI=1S/C17H21ClFN3O/c1-21-9-6-20-17(21)16(23)13-4-7-22(8-5-13)11-12-2-3-15(19)14(18)10-12/h2-3,6,9-10,13,16,23H,4-5,7-8,11H2,1H3. The first-order valence-corrected chi connectivity index (χ1v) is 8.24. The second kappa shape index (κ2) is 6.99. The van der Waals surface area contributed by atoms with E-state index in [1.807, 2.05) is 17.8 Å². The van der Waals surface area contributed by atoms with Crippen molar-refractivity contribution >= 4 is 11.6 Å². The number of hydrogen-bond donors (Lipinski definition) is 1. The maximum Gasteiger partial charge on any atom is 0.141 e. The van der Waals surface area contributed by atoms with Gasteiger partial charge in [-0.15, -0.1) is 0 Å². The van der Waals surface area contributed by atoms with Gasteiger partial charge in [-0.1, -0.05) is 17.7 Å². The Balaban J connectivity index is 1.56. The molecule has 0 bridgehead atoms. The van der Waals surface area contributed by atoms with E-state index in [-0.39, 0.29) is 16.8 Å². The highest BCUT2D eigenvalue weighted by Crippen LogP contribution is 2.30. The van der Waals surface area contributed by atoms with Crippen LogP contribution < -0.4 is 0 Å². The molecule has 0 spiro atoms. The van der Waals surface area contributed by atoms with Crippen LogP contribution >= 0.6 is 11.6 Å². The molecule has 1 unspecified atom stereocenters. The second-order valence-corrected chi connectivity index (χ2v) is 6.61. The molecule has 0 amide bonds. The monoisotopic (exact) mass is 337 g/mol. The minimum Gasteiger partial charge on any atom is -0.385 e. The molecule has 3 rings (SSSR count). The molecule has 1 atom stereocenters. The Morgan fingerprint density at radius 1 is 1.39 bits per heavy atom. The maximum absolute atomic E-state index is 13.2. The number of nitrogens with zero attached hydrogens (tertiary/aromatic N) is 3. The summed E-state index contributed by atoms with van der Waals surface area (Å²) < 4.78 is 15.1. The van der Waals surface area contributed by atoms with Gasteiger partial charge in [0.25, 0.3) is 0 Å². The normalized spacial score (nSPS) is 18.3. The molecule has 0 radical (unpaired) electrons. The van der Waals surface area contributed by atoms with Crippen molar-refractivity contribution in [3.63, 3.8) is 0 Å². The number of piperidine rings is 1. The summed E-state index contributed by atoms with van der Waals surface area (Å²) in [5.41, 5.74) is 1.01. The molecule has 124 valence electrons. The minimum absolute atomic E-state index is 0.169. The number of aryl methyl sites for hydroxylation is 1. The van der Waals surface area contributed by atoms with Crippen LogP contribution in [-0.4, -0.2) is 32.6 Å². The van der Waals surface area contributed by atoms with Crippen LogP contribution in [0.3, 0.4) is 0 Å². The molecule has 0 saturated carbocycles. The zero-order chi connectivity index (χ0) is 16.4. The molecular formula is C17H21ClFN3O. The highest BCUT2D eigenvalue weighted by molar-refractivity contribution is 6.30. The van der Waals surface area contributed by atoms with E-state index < -0.39 is 6.10 Å². The van der Waals surface area contributed by atoms with Gasteiger partial charge in [-0.3, -0.25) is 4.90 Å². The highest BCUT2D eigenvalue weighted by Gasteiger charge is 2.28. The molecule has 4 nitrogen and oxygen atoms in total. The lowest BCUT2D eigenvalue weighted by Crippen LogP contribution is -2.35. The van der Waals surface area contributed by atoms with Crippen LogP contribution in [0.5, 0.6) is 0 Å². The molecule has 1 saturated heterocycles. The smallest absolute Gasteiger partial charge is 0.141 e. The van der Waals surface area contributed by atoms with Gasteiger partial charge in [-0.2, -0.15) is 0 Å². The average Bonchev–Trinajstić information content (AvgIpc) is 2.97. The Bertz CT molecular complexity index is 668. The van der Waals surface area contributed by atoms with Crippen molar-refractivity contribution in [2.75, 3.05) is 13.1 Å². The molecule has 1 aromatic heterocycles. The minimum atomic E-state index is -0.516. The molecule has 1 aromatic carbocycles. The van der Waals surface area contributed by atoms with Crippen molar-refractivity contribution in [3.05, 3.63) is 52.8 Å². The van der Waals surface area contributed by atoms with E-state index >= 15 is 0 Å². The number of hydrogen-bond acceptors (Lipinski definition) is 3. The van der Waals surface area contributed by atoms with E-state index in [1.54, 1.807) is 18.3 Å². The van der Waals surface area contributed by atoms with Gasteiger partial charge in [0.05, 0.1) is 5.02 Å². The lowest BCUT2D eigenvalue weighted by molar-refractivity contribution is 0.0492. The summed E-state index contributed by atoms with van der Waals surface area (Å²) in [5, 5.41) is 10.7. The number of aromatic nitrogens is 2. The number of benzene rings is 1. The van der Waals surface area contributed by atoms with Gasteiger partial charge in [0.1, 0.15) is 17.7 Å². The summed E-state index contributed by atoms with van der Waals surface area (Å²) in [7, 11) is 1.90. The quantitative estimate of drug-likeness (QED) is 0.931. The Morgan fingerprint density at radius 3 is 2.74 bits per heavy atom. The highest BCUT2D eigenvalue weighted by atomic mass is 35.5. The Hall–Kier alpha value is -1.43. The fourth-order valence-electron chi connectivity index (χ4n) is 3.20. The number of aliphatic hydroxyl groups is 1. The van der Waals surface area contributed by atoms with Crippen LogP contribution in [0.1, 0.15) is 30.3 Å². The lowest BCUT2D eigenvalue weighted by Gasteiger charge is -2.34. The first-order chi connectivity index (χ1) is 11.0. The lowest BCUT2D eigenvalue weighted by atomic mass is 9.90. The van der Waals surface area contributed by atoms with Crippen molar-refractivity contribution in [3.8, 4) is 0 Å². The SMILES string of the molecule is Cn1ccnc1C(O)C1CCN(Cc2ccc(F)c(Cl)c2)CC1. The molecule has 1 aliphatic rings. The van der Waals surface area contributed by atoms with Gasteiger partial charge in [0, 0.05) is 26.0 Å². The van der Waals surface area contributed by atoms with Gasteiger partial charge in [-0.25, -0.2) is 9.37 Å². The number of aliphatic hydroxyl groups excluding tert-OH is 1. The fraction of sp³-hybridized carbons (Fsp3) is 0.471. The fourth-order valence-corrected chi connectivity index (χ4v) is 3.40. The van der Waals surface area contributed by atoms with Crippen LogP contribution in [0.2, 0.25) is 5.02 Å². The number of rotatable bonds is 4. The molecule has 1 fully saturated rings. The third-order valence-corrected chi connectivity index (χ3v) is 4.88. The third kappa shape index (κ3) is 3.74. The number of halogens is 2. The molecule has 6 heteroatoms. The van der Waals surface area contributed by atoms with Crippen LogP contribution in [0, 0.1) is 11.7 Å². The van der Waals surface area contributed by atoms with Gasteiger partial charge < -0.3 is 9.67 Å². The second-order valence-electron chi connectivity index (χ2n) is 6.20. The van der Waals surface area contributed by atoms with Gasteiger partial charge in [-0.05, 0) is 49.5 Å². The molecule has 2 heterocycles. The third-order valence-electron chi connectivity index (χ3n) is 4.59. The topological polar surface area (TPSA) is 41.3 Å². The zero-order valence-electron chi connectivity index (χ0n) is 13.1. The summed E-state index contributed by atoms with van der Waals surface area (Å²) in [6.07, 6.45) is 4.89. The van der Waals surface area contributed by atoms with Gasteiger partial charge in [0.2, 0.25) is 0 Å². The van der Waals surface area contributed by atoms with Crippen molar-refractivity contribution in [1.82, 2.24) is 14.5 Å². The average molecular weight is 338 g/mol. The van der Waals surface area contributed by atoms with Crippen LogP contribution in [-0.2, 0) is 13.6 Å². The molecule has 23 heavy (non-hydrogen) atoms. The van der Waals surface area contributed by atoms with E-state index in [4.69, 9.17) is 11.6 Å². The van der Waals surface area contributed by atoms with Crippen molar-refractivity contribution in [1.29, 1.82) is 0 Å². The number of imidazole rings is 1. The van der Waals surface area contributed by atoms with Gasteiger partial charge in [0.15, 0.2) is 0 Å². The predicted molar refractivity (Wildman–Crippen MR) is 87.6 cm³/mol. The Labute approximate surface area is 140 Å². The van der Waals surface area contributed by atoms with Crippen LogP contribution in [0.4, 0.5) is 4.39 Å². The summed E-state index contributed by atoms with van der Waals surface area (Å²) in [4.78, 5) is 6.56. The van der Waals surface area contributed by atoms with E-state index in [0.29, 0.717) is 0 Å². The van der Waals surface area contributed by atoms with Crippen LogP contribution in [0.25, 0.3) is 0 Å². The maximum atomic E-state index is 13.2. The summed E-state index contributed by atoms with van der Waals surface area (Å²) in [6.45, 7) is 2.56. The predicted octanol–water partition coefficient (Wildman–Crippen LogP) is 3.16. The Kier molecular flexibility index (Phi) is 4.99. The first-order valence-electron chi connectivity index (χ1n) is 7.86. The van der Waals surface area contributed by atoms with E-state index in [2.05, 4.69) is 9.88 Å². The zero-order valence-corrected chi connectivity index (χ0v) is 13.9. The summed E-state index contributed by atoms with van der Waals surface area (Å²) in [5.74, 6) is 0.574. The first kappa shape index (κ1) is 16.4. The van der Waals surface area contributed by atoms with E-state index in [9.17, 15) is 9.50 Å². The van der Waals surface area contributed by atoms with Gasteiger partial charge >= 0.3 is 0 Å². The van der Waals surface area contributed by atoms with E-state index in [0.717, 1.165) is 43.9 Å².